The summed E-state index contributed by atoms with van der Waals surface area (Å²) < 4.78 is 25.4. The summed E-state index contributed by atoms with van der Waals surface area (Å²) in [5.74, 6) is 0.403. The van der Waals surface area contributed by atoms with Crippen molar-refractivity contribution in [2.45, 2.75) is 18.7 Å². The van der Waals surface area contributed by atoms with Gasteiger partial charge in [-0.2, -0.15) is 0 Å². The first-order chi connectivity index (χ1) is 7.51. The average Bonchev–Trinajstić information content (AvgIpc) is 2.66. The molecule has 1 aromatic heterocycles. The number of aromatic nitrogens is 2. The number of aryl methyl sites for hydroxylation is 2. The summed E-state index contributed by atoms with van der Waals surface area (Å²) in [6.07, 6.45) is 3.84. The van der Waals surface area contributed by atoms with Crippen molar-refractivity contribution in [3.63, 3.8) is 0 Å². The highest BCUT2D eigenvalue weighted by Gasteiger charge is 2.17. The van der Waals surface area contributed by atoms with Gasteiger partial charge in [-0.1, -0.05) is 17.7 Å². The Morgan fingerprint density at radius 2 is 1.81 bits per heavy atom. The Bertz CT molecular complexity index is 597. The zero-order valence-corrected chi connectivity index (χ0v) is 9.82. The molecular formula is C11H11N2O2S. The molecule has 0 aliphatic rings. The molecule has 0 bridgehead atoms. The summed E-state index contributed by atoms with van der Waals surface area (Å²) >= 11 is 0. The summed E-state index contributed by atoms with van der Waals surface area (Å²) in [7, 11) is -3.52. The predicted molar refractivity (Wildman–Crippen MR) is 59.6 cm³/mol. The van der Waals surface area contributed by atoms with E-state index in [0.717, 1.165) is 9.54 Å². The SMILES string of the molecule is Cc1ccc(S(=O)(=O)n2c[c]nc2C)cc1. The van der Waals surface area contributed by atoms with Gasteiger partial charge < -0.3 is 0 Å². The van der Waals surface area contributed by atoms with E-state index >= 15 is 0 Å². The van der Waals surface area contributed by atoms with E-state index in [4.69, 9.17) is 0 Å². The lowest BCUT2D eigenvalue weighted by atomic mass is 10.2. The van der Waals surface area contributed by atoms with E-state index in [9.17, 15) is 8.42 Å². The minimum absolute atomic E-state index is 0.257. The molecule has 1 radical (unpaired) electrons. The number of imidazole rings is 1. The van der Waals surface area contributed by atoms with Gasteiger partial charge in [0.2, 0.25) is 0 Å². The summed E-state index contributed by atoms with van der Waals surface area (Å²) in [6.45, 7) is 3.54. The molecular weight excluding hydrogens is 224 g/mol. The van der Waals surface area contributed by atoms with Crippen molar-refractivity contribution in [2.24, 2.45) is 0 Å². The van der Waals surface area contributed by atoms with E-state index in [1.54, 1.807) is 31.2 Å². The second-order valence-electron chi connectivity index (χ2n) is 3.53. The van der Waals surface area contributed by atoms with Gasteiger partial charge in [0.15, 0.2) is 0 Å². The monoisotopic (exact) mass is 235 g/mol. The standard InChI is InChI=1S/C11H11N2O2S/c1-9-3-5-11(6-4-9)16(14,15)13-8-7-12-10(13)2/h3-6,8H,1-2H3. The summed E-state index contributed by atoms with van der Waals surface area (Å²) in [4.78, 5) is 4.04. The molecule has 0 aliphatic carbocycles. The van der Waals surface area contributed by atoms with Crippen LogP contribution in [0.1, 0.15) is 11.4 Å². The first-order valence-electron chi connectivity index (χ1n) is 4.76. The second kappa shape index (κ2) is 3.75. The predicted octanol–water partition coefficient (Wildman–Crippen LogP) is 1.54. The first kappa shape index (κ1) is 10.9. The van der Waals surface area contributed by atoms with Crippen LogP contribution in [0.15, 0.2) is 35.4 Å². The van der Waals surface area contributed by atoms with E-state index in [-0.39, 0.29) is 4.90 Å². The van der Waals surface area contributed by atoms with Gasteiger partial charge in [-0.3, -0.25) is 0 Å². The first-order valence-corrected chi connectivity index (χ1v) is 6.20. The maximum atomic E-state index is 12.1. The van der Waals surface area contributed by atoms with Crippen LogP contribution in [0.2, 0.25) is 0 Å². The molecule has 16 heavy (non-hydrogen) atoms. The van der Waals surface area contributed by atoms with Crippen LogP contribution in [-0.2, 0) is 10.0 Å². The molecule has 2 rings (SSSR count). The summed E-state index contributed by atoms with van der Waals surface area (Å²) in [6, 6.07) is 6.71. The molecule has 0 saturated heterocycles. The molecule has 0 spiro atoms. The molecule has 1 aromatic carbocycles. The third-order valence-electron chi connectivity index (χ3n) is 2.30. The van der Waals surface area contributed by atoms with E-state index < -0.39 is 10.0 Å². The van der Waals surface area contributed by atoms with Crippen molar-refractivity contribution < 1.29 is 8.42 Å². The Balaban J connectivity index is 2.56. The normalized spacial score (nSPS) is 11.6. The number of hydrogen-bond acceptors (Lipinski definition) is 3. The van der Waals surface area contributed by atoms with Gasteiger partial charge in [0, 0.05) is 0 Å². The summed E-state index contributed by atoms with van der Waals surface area (Å²) in [5.41, 5.74) is 1.02. The van der Waals surface area contributed by atoms with Gasteiger partial charge in [0.05, 0.1) is 11.1 Å². The zero-order valence-electron chi connectivity index (χ0n) is 9.01. The van der Waals surface area contributed by atoms with Crippen LogP contribution in [0, 0.1) is 20.0 Å². The third-order valence-corrected chi connectivity index (χ3v) is 4.05. The Kier molecular flexibility index (Phi) is 2.55. The maximum Gasteiger partial charge on any atom is 0.269 e. The molecule has 2 aromatic rings. The number of hydrogen-bond donors (Lipinski definition) is 0. The molecule has 5 heteroatoms. The number of rotatable bonds is 2. The fourth-order valence-corrected chi connectivity index (χ4v) is 2.67. The van der Waals surface area contributed by atoms with Crippen molar-refractivity contribution in [1.82, 2.24) is 8.96 Å². The lowest BCUT2D eigenvalue weighted by molar-refractivity contribution is 0.586. The highest BCUT2D eigenvalue weighted by molar-refractivity contribution is 7.90. The van der Waals surface area contributed by atoms with Gasteiger partial charge in [-0.15, -0.1) is 0 Å². The maximum absolute atomic E-state index is 12.1. The van der Waals surface area contributed by atoms with E-state index in [0.29, 0.717) is 5.82 Å². The molecule has 0 aliphatic heterocycles. The van der Waals surface area contributed by atoms with Gasteiger partial charge in [-0.05, 0) is 26.0 Å². The minimum Gasteiger partial charge on any atom is -0.231 e. The number of nitrogens with zero attached hydrogens (tertiary/aromatic N) is 2. The van der Waals surface area contributed by atoms with E-state index in [1.165, 1.54) is 6.20 Å². The van der Waals surface area contributed by atoms with Crippen LogP contribution in [0.4, 0.5) is 0 Å². The van der Waals surface area contributed by atoms with Crippen LogP contribution in [-0.4, -0.2) is 17.4 Å². The molecule has 0 atom stereocenters. The molecule has 0 saturated carbocycles. The fourth-order valence-electron chi connectivity index (χ4n) is 1.38. The number of benzene rings is 1. The summed E-state index contributed by atoms with van der Waals surface area (Å²) in [5, 5.41) is 0. The van der Waals surface area contributed by atoms with Crippen molar-refractivity contribution >= 4 is 10.0 Å². The van der Waals surface area contributed by atoms with Crippen molar-refractivity contribution in [3.8, 4) is 0 Å². The Morgan fingerprint density at radius 3 is 2.31 bits per heavy atom. The van der Waals surface area contributed by atoms with Crippen molar-refractivity contribution in [2.75, 3.05) is 0 Å². The third kappa shape index (κ3) is 1.74. The molecule has 0 unspecified atom stereocenters. The van der Waals surface area contributed by atoms with E-state index in [1.807, 2.05) is 6.92 Å². The highest BCUT2D eigenvalue weighted by atomic mass is 32.2. The second-order valence-corrected chi connectivity index (χ2v) is 5.35. The van der Waals surface area contributed by atoms with Crippen LogP contribution in [0.5, 0.6) is 0 Å². The van der Waals surface area contributed by atoms with Crippen molar-refractivity contribution in [1.29, 1.82) is 0 Å². The van der Waals surface area contributed by atoms with Gasteiger partial charge in [0.1, 0.15) is 12.0 Å². The smallest absolute Gasteiger partial charge is 0.231 e. The Hall–Kier alpha value is -1.62. The fraction of sp³-hybridized carbons (Fsp3) is 0.182. The van der Waals surface area contributed by atoms with Crippen LogP contribution in [0.25, 0.3) is 0 Å². The zero-order chi connectivity index (χ0) is 11.8. The van der Waals surface area contributed by atoms with Crippen LogP contribution < -0.4 is 0 Å². The average molecular weight is 235 g/mol. The molecule has 0 amide bonds. The minimum atomic E-state index is -3.52. The molecule has 0 N–H and O–H groups in total. The van der Waals surface area contributed by atoms with Gasteiger partial charge >= 0.3 is 0 Å². The quantitative estimate of drug-likeness (QED) is 0.793. The largest absolute Gasteiger partial charge is 0.269 e. The molecule has 4 nitrogen and oxygen atoms in total. The lowest BCUT2D eigenvalue weighted by Crippen LogP contribution is -2.13. The van der Waals surface area contributed by atoms with Gasteiger partial charge in [0.25, 0.3) is 10.0 Å². The van der Waals surface area contributed by atoms with Crippen molar-refractivity contribution in [3.05, 3.63) is 48.0 Å². The molecule has 83 valence electrons. The molecule has 1 heterocycles. The lowest BCUT2D eigenvalue weighted by Gasteiger charge is -2.06. The highest BCUT2D eigenvalue weighted by Crippen LogP contribution is 2.15. The van der Waals surface area contributed by atoms with Crippen LogP contribution in [0.3, 0.4) is 0 Å². The molecule has 0 fully saturated rings. The van der Waals surface area contributed by atoms with Gasteiger partial charge in [-0.25, -0.2) is 17.4 Å². The van der Waals surface area contributed by atoms with E-state index in [2.05, 4.69) is 11.2 Å². The van der Waals surface area contributed by atoms with Crippen LogP contribution >= 0.6 is 0 Å². The topological polar surface area (TPSA) is 52.0 Å². The Morgan fingerprint density at radius 1 is 1.19 bits per heavy atom. The Labute approximate surface area is 94.6 Å².